The summed E-state index contributed by atoms with van der Waals surface area (Å²) in [6.07, 6.45) is 6.33. The lowest BCUT2D eigenvalue weighted by Gasteiger charge is -2.26. The Morgan fingerprint density at radius 1 is 1.26 bits per heavy atom. The first-order chi connectivity index (χ1) is 11.0. The van der Waals surface area contributed by atoms with Crippen molar-refractivity contribution in [1.29, 1.82) is 0 Å². The molecule has 0 bridgehead atoms. The van der Waals surface area contributed by atoms with E-state index in [0.717, 1.165) is 56.2 Å². The van der Waals surface area contributed by atoms with Crippen LogP contribution in [0.2, 0.25) is 0 Å². The number of aliphatic hydroxyl groups is 1. The summed E-state index contributed by atoms with van der Waals surface area (Å²) in [6, 6.07) is 0. The van der Waals surface area contributed by atoms with Crippen LogP contribution < -0.4 is 10.6 Å². The molecule has 0 spiro atoms. The molecular formula is C17H32N4OS. The molecule has 0 aliphatic rings. The van der Waals surface area contributed by atoms with E-state index >= 15 is 0 Å². The van der Waals surface area contributed by atoms with Crippen LogP contribution in [0, 0.1) is 6.92 Å². The van der Waals surface area contributed by atoms with E-state index in [9.17, 15) is 5.11 Å². The van der Waals surface area contributed by atoms with E-state index in [1.807, 2.05) is 13.1 Å². The van der Waals surface area contributed by atoms with Crippen LogP contribution in [0.3, 0.4) is 0 Å². The van der Waals surface area contributed by atoms with E-state index < -0.39 is 5.60 Å². The second-order valence-corrected chi connectivity index (χ2v) is 7.28. The third-order valence-corrected chi connectivity index (χ3v) is 4.58. The van der Waals surface area contributed by atoms with E-state index in [0.29, 0.717) is 6.54 Å². The van der Waals surface area contributed by atoms with E-state index in [2.05, 4.69) is 41.4 Å². The van der Waals surface area contributed by atoms with E-state index in [4.69, 9.17) is 0 Å². The number of rotatable bonds is 10. The quantitative estimate of drug-likeness (QED) is 0.452. The van der Waals surface area contributed by atoms with E-state index in [-0.39, 0.29) is 0 Å². The van der Waals surface area contributed by atoms with Gasteiger partial charge in [-0.25, -0.2) is 4.98 Å². The second-order valence-electron chi connectivity index (χ2n) is 5.96. The van der Waals surface area contributed by atoms with Gasteiger partial charge in [0.1, 0.15) is 0 Å². The summed E-state index contributed by atoms with van der Waals surface area (Å²) < 4.78 is 0. The summed E-state index contributed by atoms with van der Waals surface area (Å²) in [7, 11) is 0. The smallest absolute Gasteiger partial charge is 0.191 e. The average molecular weight is 341 g/mol. The first kappa shape index (κ1) is 19.9. The van der Waals surface area contributed by atoms with Gasteiger partial charge in [0.2, 0.25) is 0 Å². The van der Waals surface area contributed by atoms with Gasteiger partial charge in [-0.3, -0.25) is 4.99 Å². The zero-order valence-electron chi connectivity index (χ0n) is 15.0. The Labute approximate surface area is 144 Å². The zero-order chi connectivity index (χ0) is 17.1. The first-order valence-electron chi connectivity index (χ1n) is 8.68. The van der Waals surface area contributed by atoms with Gasteiger partial charge in [-0.2, -0.15) is 0 Å². The van der Waals surface area contributed by atoms with Crippen molar-refractivity contribution in [2.75, 3.05) is 19.6 Å². The molecule has 0 fully saturated rings. The minimum Gasteiger partial charge on any atom is -0.388 e. The Morgan fingerprint density at radius 3 is 2.48 bits per heavy atom. The van der Waals surface area contributed by atoms with Crippen molar-refractivity contribution in [2.45, 2.75) is 65.4 Å². The minimum atomic E-state index is -0.682. The Balaban J connectivity index is 2.54. The summed E-state index contributed by atoms with van der Waals surface area (Å²) in [6.45, 7) is 10.4. The van der Waals surface area contributed by atoms with Crippen LogP contribution in [0.4, 0.5) is 0 Å². The van der Waals surface area contributed by atoms with Crippen molar-refractivity contribution in [1.82, 2.24) is 15.6 Å². The number of hydrogen-bond acceptors (Lipinski definition) is 4. The lowest BCUT2D eigenvalue weighted by molar-refractivity contribution is 0.0306. The largest absolute Gasteiger partial charge is 0.388 e. The molecule has 132 valence electrons. The fraction of sp³-hybridized carbons (Fsp3) is 0.765. The summed E-state index contributed by atoms with van der Waals surface area (Å²) in [5.74, 6) is 0.770. The van der Waals surface area contributed by atoms with Crippen molar-refractivity contribution >= 4 is 17.3 Å². The van der Waals surface area contributed by atoms with Gasteiger partial charge in [0.05, 0.1) is 17.2 Å². The van der Waals surface area contributed by atoms with Crippen molar-refractivity contribution in [3.8, 4) is 0 Å². The number of aryl methyl sites for hydroxylation is 1. The monoisotopic (exact) mass is 340 g/mol. The molecule has 23 heavy (non-hydrogen) atoms. The molecule has 0 saturated heterocycles. The Bertz CT molecular complexity index is 467. The number of aromatic nitrogens is 1. The Hall–Kier alpha value is -1.14. The SMILES string of the molecule is CCCC(O)(CCC)CN=C(NCC)NCCc1ncc(C)s1. The van der Waals surface area contributed by atoms with Crippen LogP contribution in [0.15, 0.2) is 11.2 Å². The topological polar surface area (TPSA) is 69.5 Å². The van der Waals surface area contributed by atoms with Crippen molar-refractivity contribution in [3.63, 3.8) is 0 Å². The summed E-state index contributed by atoms with van der Waals surface area (Å²) in [5.41, 5.74) is -0.682. The Morgan fingerprint density at radius 2 is 1.96 bits per heavy atom. The number of hydrogen-bond donors (Lipinski definition) is 3. The predicted molar refractivity (Wildman–Crippen MR) is 99.3 cm³/mol. The molecule has 0 saturated carbocycles. The molecule has 0 amide bonds. The van der Waals surface area contributed by atoms with Crippen LogP contribution in [0.25, 0.3) is 0 Å². The minimum absolute atomic E-state index is 0.445. The van der Waals surface area contributed by atoms with Crippen molar-refractivity contribution < 1.29 is 5.11 Å². The number of thiazole rings is 1. The van der Waals surface area contributed by atoms with Crippen molar-refractivity contribution in [2.24, 2.45) is 4.99 Å². The van der Waals surface area contributed by atoms with Gasteiger partial charge in [-0.1, -0.05) is 26.7 Å². The summed E-state index contributed by atoms with van der Waals surface area (Å²) in [5, 5.41) is 18.4. The average Bonchev–Trinajstić information content (AvgIpc) is 2.91. The third-order valence-electron chi connectivity index (χ3n) is 3.61. The molecule has 5 nitrogen and oxygen atoms in total. The first-order valence-corrected chi connectivity index (χ1v) is 9.50. The summed E-state index contributed by atoms with van der Waals surface area (Å²) >= 11 is 1.73. The highest BCUT2D eigenvalue weighted by Gasteiger charge is 2.24. The van der Waals surface area contributed by atoms with Crippen LogP contribution in [-0.4, -0.2) is 41.3 Å². The normalized spacial score (nSPS) is 12.5. The number of aliphatic imine (C=N–C) groups is 1. The molecule has 0 atom stereocenters. The fourth-order valence-electron chi connectivity index (χ4n) is 2.59. The van der Waals surface area contributed by atoms with E-state index in [1.165, 1.54) is 4.88 Å². The number of nitrogens with one attached hydrogen (secondary N) is 2. The van der Waals surface area contributed by atoms with Gasteiger partial charge >= 0.3 is 0 Å². The van der Waals surface area contributed by atoms with Crippen LogP contribution >= 0.6 is 11.3 Å². The molecule has 0 aromatic carbocycles. The molecule has 1 aromatic rings. The molecule has 1 aromatic heterocycles. The number of nitrogens with zero attached hydrogens (tertiary/aromatic N) is 2. The number of guanidine groups is 1. The van der Waals surface area contributed by atoms with Gasteiger partial charge in [0.15, 0.2) is 5.96 Å². The summed E-state index contributed by atoms with van der Waals surface area (Å²) in [4.78, 5) is 10.2. The maximum Gasteiger partial charge on any atom is 0.191 e. The highest BCUT2D eigenvalue weighted by atomic mass is 32.1. The fourth-order valence-corrected chi connectivity index (χ4v) is 3.37. The Kier molecular flexibility index (Phi) is 9.17. The highest BCUT2D eigenvalue weighted by Crippen LogP contribution is 2.19. The van der Waals surface area contributed by atoms with Crippen LogP contribution in [-0.2, 0) is 6.42 Å². The van der Waals surface area contributed by atoms with Crippen LogP contribution in [0.1, 0.15) is 56.3 Å². The van der Waals surface area contributed by atoms with Gasteiger partial charge in [0.25, 0.3) is 0 Å². The van der Waals surface area contributed by atoms with Gasteiger partial charge in [0, 0.05) is 30.6 Å². The second kappa shape index (κ2) is 10.6. The van der Waals surface area contributed by atoms with Gasteiger partial charge in [-0.05, 0) is 26.7 Å². The maximum atomic E-state index is 10.7. The molecule has 0 radical (unpaired) electrons. The lowest BCUT2D eigenvalue weighted by atomic mass is 9.93. The molecule has 1 rings (SSSR count). The molecule has 0 aliphatic heterocycles. The van der Waals surface area contributed by atoms with E-state index in [1.54, 1.807) is 11.3 Å². The molecule has 0 unspecified atom stereocenters. The molecule has 1 heterocycles. The van der Waals surface area contributed by atoms with Gasteiger partial charge < -0.3 is 15.7 Å². The zero-order valence-corrected chi connectivity index (χ0v) is 15.8. The van der Waals surface area contributed by atoms with Gasteiger partial charge in [-0.15, -0.1) is 11.3 Å². The van der Waals surface area contributed by atoms with Crippen LogP contribution in [0.5, 0.6) is 0 Å². The predicted octanol–water partition coefficient (Wildman–Crippen LogP) is 2.88. The molecule has 0 aliphatic carbocycles. The molecule has 6 heteroatoms. The highest BCUT2D eigenvalue weighted by molar-refractivity contribution is 7.11. The maximum absolute atomic E-state index is 10.7. The standard InChI is InChI=1S/C17H32N4OS/c1-5-9-17(22,10-6-2)13-21-16(18-7-3)19-11-8-15-20-12-14(4)23-15/h12,22H,5-11,13H2,1-4H3,(H2,18,19,21). The van der Waals surface area contributed by atoms with Crippen molar-refractivity contribution in [3.05, 3.63) is 16.1 Å². The molecule has 3 N–H and O–H groups in total. The third kappa shape index (κ3) is 7.79. The lowest BCUT2D eigenvalue weighted by Crippen LogP contribution is -2.40. The molecular weight excluding hydrogens is 308 g/mol.